The number of rotatable bonds is 6. The topological polar surface area (TPSA) is 114 Å². The molecule has 0 aliphatic carbocycles. The standard InChI is InChI=1S/C22H19N3O5/c26-19(24-25-22(29)16-7-2-1-3-8-16)14-30-20(27)13-23-21(28)18-11-10-15-6-4-5-9-17(15)12-18/h1-12H,13-14H2,(H,23,28)(H,24,26)(H,25,29). The maximum Gasteiger partial charge on any atom is 0.325 e. The minimum Gasteiger partial charge on any atom is -0.454 e. The maximum absolute atomic E-state index is 12.2. The summed E-state index contributed by atoms with van der Waals surface area (Å²) in [6, 6.07) is 21.1. The van der Waals surface area contributed by atoms with Crippen molar-refractivity contribution < 1.29 is 23.9 Å². The second-order valence-electron chi connectivity index (χ2n) is 6.27. The second kappa shape index (κ2) is 9.83. The molecule has 0 heterocycles. The van der Waals surface area contributed by atoms with Gasteiger partial charge in [0.1, 0.15) is 6.54 Å². The van der Waals surface area contributed by atoms with E-state index < -0.39 is 36.8 Å². The van der Waals surface area contributed by atoms with E-state index in [1.54, 1.807) is 42.5 Å². The van der Waals surface area contributed by atoms with Gasteiger partial charge < -0.3 is 10.1 Å². The molecule has 8 nitrogen and oxygen atoms in total. The molecule has 0 aliphatic heterocycles. The van der Waals surface area contributed by atoms with Crippen molar-refractivity contribution in [3.8, 4) is 0 Å². The fourth-order valence-electron chi connectivity index (χ4n) is 2.61. The number of ether oxygens (including phenoxy) is 1. The Morgan fingerprint density at radius 2 is 1.40 bits per heavy atom. The van der Waals surface area contributed by atoms with Gasteiger partial charge in [-0.25, -0.2) is 0 Å². The van der Waals surface area contributed by atoms with Gasteiger partial charge in [-0.1, -0.05) is 48.5 Å². The minimum absolute atomic E-state index is 0.367. The molecule has 3 rings (SSSR count). The molecule has 0 bridgehead atoms. The molecule has 3 aromatic carbocycles. The zero-order valence-corrected chi connectivity index (χ0v) is 15.9. The first kappa shape index (κ1) is 20.5. The van der Waals surface area contributed by atoms with Gasteiger partial charge >= 0.3 is 5.97 Å². The number of hydrogen-bond acceptors (Lipinski definition) is 5. The first-order valence-corrected chi connectivity index (χ1v) is 9.10. The van der Waals surface area contributed by atoms with Gasteiger partial charge in [-0.2, -0.15) is 0 Å². The van der Waals surface area contributed by atoms with Crippen LogP contribution >= 0.6 is 0 Å². The van der Waals surface area contributed by atoms with E-state index in [0.29, 0.717) is 11.1 Å². The third-order valence-corrected chi connectivity index (χ3v) is 4.12. The van der Waals surface area contributed by atoms with Crippen LogP contribution < -0.4 is 16.2 Å². The summed E-state index contributed by atoms with van der Waals surface area (Å²) >= 11 is 0. The van der Waals surface area contributed by atoms with Crippen LogP contribution in [0.2, 0.25) is 0 Å². The van der Waals surface area contributed by atoms with Gasteiger partial charge in [-0.15, -0.1) is 0 Å². The Labute approximate surface area is 172 Å². The van der Waals surface area contributed by atoms with Crippen LogP contribution in [0.1, 0.15) is 20.7 Å². The highest BCUT2D eigenvalue weighted by molar-refractivity contribution is 6.00. The predicted molar refractivity (Wildman–Crippen MR) is 109 cm³/mol. The van der Waals surface area contributed by atoms with Gasteiger partial charge in [0.15, 0.2) is 6.61 Å². The van der Waals surface area contributed by atoms with Gasteiger partial charge in [-0.05, 0) is 35.0 Å². The number of esters is 1. The fourth-order valence-corrected chi connectivity index (χ4v) is 2.61. The molecule has 30 heavy (non-hydrogen) atoms. The van der Waals surface area contributed by atoms with Gasteiger partial charge in [0.25, 0.3) is 17.7 Å². The average molecular weight is 405 g/mol. The summed E-state index contributed by atoms with van der Waals surface area (Å²) in [6.07, 6.45) is 0. The molecule has 152 valence electrons. The van der Waals surface area contributed by atoms with E-state index in [-0.39, 0.29) is 0 Å². The van der Waals surface area contributed by atoms with Crippen molar-refractivity contribution in [2.45, 2.75) is 0 Å². The molecule has 3 N–H and O–H groups in total. The molecule has 0 aromatic heterocycles. The smallest absolute Gasteiger partial charge is 0.325 e. The predicted octanol–water partition coefficient (Wildman–Crippen LogP) is 1.57. The summed E-state index contributed by atoms with van der Waals surface area (Å²) < 4.78 is 4.78. The summed E-state index contributed by atoms with van der Waals surface area (Å²) in [7, 11) is 0. The third kappa shape index (κ3) is 5.65. The van der Waals surface area contributed by atoms with Crippen LogP contribution in [0.3, 0.4) is 0 Å². The van der Waals surface area contributed by atoms with E-state index in [1.807, 2.05) is 30.3 Å². The Balaban J connectivity index is 1.39. The Kier molecular flexibility index (Phi) is 6.73. The van der Waals surface area contributed by atoms with Crippen LogP contribution in [0.25, 0.3) is 10.8 Å². The normalized spacial score (nSPS) is 10.1. The molecule has 8 heteroatoms. The largest absolute Gasteiger partial charge is 0.454 e. The van der Waals surface area contributed by atoms with Crippen molar-refractivity contribution in [1.82, 2.24) is 16.2 Å². The summed E-state index contributed by atoms with van der Waals surface area (Å²) in [5, 5.41) is 4.35. The highest BCUT2D eigenvalue weighted by Gasteiger charge is 2.12. The van der Waals surface area contributed by atoms with Gasteiger partial charge in [0, 0.05) is 11.1 Å². The number of hydrazine groups is 1. The Bertz CT molecular complexity index is 1080. The average Bonchev–Trinajstić information content (AvgIpc) is 2.79. The highest BCUT2D eigenvalue weighted by atomic mass is 16.5. The number of fused-ring (bicyclic) bond motifs is 1. The van der Waals surface area contributed by atoms with E-state index in [2.05, 4.69) is 16.2 Å². The molecule has 0 saturated carbocycles. The molecule has 0 aliphatic rings. The number of carbonyl (C=O) groups excluding carboxylic acids is 4. The first-order chi connectivity index (χ1) is 14.5. The van der Waals surface area contributed by atoms with Crippen LogP contribution in [0.15, 0.2) is 72.8 Å². The molecule has 0 saturated heterocycles. The van der Waals surface area contributed by atoms with Crippen LogP contribution in [0.5, 0.6) is 0 Å². The number of amides is 3. The minimum atomic E-state index is -0.784. The van der Waals surface area contributed by atoms with E-state index in [0.717, 1.165) is 10.8 Å². The Hall–Kier alpha value is -4.20. The van der Waals surface area contributed by atoms with Crippen LogP contribution in [0.4, 0.5) is 0 Å². The SMILES string of the molecule is O=C(COC(=O)CNC(=O)c1ccc2ccccc2c1)NNC(=O)c1ccccc1. The maximum atomic E-state index is 12.2. The molecular formula is C22H19N3O5. The lowest BCUT2D eigenvalue weighted by Gasteiger charge is -2.09. The summed E-state index contributed by atoms with van der Waals surface area (Å²) in [6.45, 7) is -0.991. The number of carbonyl (C=O) groups is 4. The lowest BCUT2D eigenvalue weighted by Crippen LogP contribution is -2.44. The molecule has 3 amide bonds. The van der Waals surface area contributed by atoms with E-state index >= 15 is 0 Å². The van der Waals surface area contributed by atoms with Gasteiger partial charge in [0.2, 0.25) is 0 Å². The molecular weight excluding hydrogens is 386 g/mol. The lowest BCUT2D eigenvalue weighted by molar-refractivity contribution is -0.147. The van der Waals surface area contributed by atoms with Crippen molar-refractivity contribution in [2.75, 3.05) is 13.2 Å². The van der Waals surface area contributed by atoms with E-state index in [4.69, 9.17) is 4.74 Å². The van der Waals surface area contributed by atoms with Gasteiger partial charge in [-0.3, -0.25) is 30.0 Å². The Morgan fingerprint density at radius 1 is 0.700 bits per heavy atom. The quantitative estimate of drug-likeness (QED) is 0.426. The lowest BCUT2D eigenvalue weighted by atomic mass is 10.1. The molecule has 0 radical (unpaired) electrons. The molecule has 0 atom stereocenters. The first-order valence-electron chi connectivity index (χ1n) is 9.10. The summed E-state index contributed by atoms with van der Waals surface area (Å²) in [4.78, 5) is 47.4. The third-order valence-electron chi connectivity index (χ3n) is 4.12. The van der Waals surface area contributed by atoms with Crippen LogP contribution in [-0.4, -0.2) is 36.8 Å². The van der Waals surface area contributed by atoms with Crippen molar-refractivity contribution >= 4 is 34.5 Å². The highest BCUT2D eigenvalue weighted by Crippen LogP contribution is 2.15. The van der Waals surface area contributed by atoms with Crippen molar-refractivity contribution in [3.63, 3.8) is 0 Å². The molecule has 0 unspecified atom stereocenters. The number of nitrogens with one attached hydrogen (secondary N) is 3. The van der Waals surface area contributed by atoms with Crippen molar-refractivity contribution in [3.05, 3.63) is 83.9 Å². The molecule has 0 spiro atoms. The zero-order chi connectivity index (χ0) is 21.3. The summed E-state index contributed by atoms with van der Waals surface area (Å²) in [5.74, 6) is -2.43. The zero-order valence-electron chi connectivity index (χ0n) is 15.9. The molecule has 3 aromatic rings. The monoisotopic (exact) mass is 405 g/mol. The van der Waals surface area contributed by atoms with Gasteiger partial charge in [0.05, 0.1) is 0 Å². The molecule has 0 fully saturated rings. The fraction of sp³-hybridized carbons (Fsp3) is 0.0909. The second-order valence-corrected chi connectivity index (χ2v) is 6.27. The Morgan fingerprint density at radius 3 is 2.17 bits per heavy atom. The van der Waals surface area contributed by atoms with Crippen LogP contribution in [-0.2, 0) is 14.3 Å². The summed E-state index contributed by atoms with van der Waals surface area (Å²) in [5.41, 5.74) is 5.12. The van der Waals surface area contributed by atoms with E-state index in [1.165, 1.54) is 0 Å². The van der Waals surface area contributed by atoms with Crippen molar-refractivity contribution in [2.24, 2.45) is 0 Å². The number of benzene rings is 3. The van der Waals surface area contributed by atoms with Crippen molar-refractivity contribution in [1.29, 1.82) is 0 Å². The van der Waals surface area contributed by atoms with E-state index in [9.17, 15) is 19.2 Å². The number of hydrogen-bond donors (Lipinski definition) is 3. The van der Waals surface area contributed by atoms with Crippen LogP contribution in [0, 0.1) is 0 Å².